The third-order valence-corrected chi connectivity index (χ3v) is 4.43. The number of nitrogens with one attached hydrogen (secondary N) is 2. The summed E-state index contributed by atoms with van der Waals surface area (Å²) in [6.45, 7) is 0.651. The van der Waals surface area contributed by atoms with Gasteiger partial charge in [-0.05, 0) is 18.2 Å². The molecular weight excluding hydrogens is 352 g/mol. The molecule has 116 valence electrons. The number of hydrogen-bond acceptors (Lipinski definition) is 3. The molecule has 1 saturated heterocycles. The summed E-state index contributed by atoms with van der Waals surface area (Å²) < 4.78 is 6.10. The third kappa shape index (κ3) is 2.74. The molecule has 3 N–H and O–H groups in total. The van der Waals surface area contributed by atoms with Crippen LogP contribution in [0.2, 0.25) is 0 Å². The van der Waals surface area contributed by atoms with Gasteiger partial charge in [-0.1, -0.05) is 22.0 Å². The molecule has 1 aliphatic heterocycles. The molecule has 0 spiro atoms. The Morgan fingerprint density at radius 2 is 2.00 bits per heavy atom. The summed E-state index contributed by atoms with van der Waals surface area (Å²) in [6, 6.07) is 7.35. The summed E-state index contributed by atoms with van der Waals surface area (Å²) in [5, 5.41) is 13.0. The second kappa shape index (κ2) is 5.73. The number of carboxylic acids is 1. The van der Waals surface area contributed by atoms with Crippen molar-refractivity contribution >= 4 is 38.7 Å². The second-order valence-electron chi connectivity index (χ2n) is 5.37. The van der Waals surface area contributed by atoms with Gasteiger partial charge in [-0.2, -0.15) is 0 Å². The lowest BCUT2D eigenvalue weighted by molar-refractivity contribution is -0.148. The van der Waals surface area contributed by atoms with Crippen LogP contribution in [0.4, 0.5) is 0 Å². The minimum absolute atomic E-state index is 0.264. The lowest BCUT2D eigenvalue weighted by Gasteiger charge is -2.33. The molecule has 1 amide bonds. The number of rotatable bonds is 3. The Hall–Kier alpha value is -1.86. The first kappa shape index (κ1) is 15.1. The fourth-order valence-electron chi connectivity index (χ4n) is 2.62. The molecule has 0 radical (unpaired) electrons. The van der Waals surface area contributed by atoms with Crippen molar-refractivity contribution in [2.24, 2.45) is 0 Å². The number of carboxylic acid groups (broad SMARTS) is 1. The smallest absolute Gasteiger partial charge is 0.329 e. The molecule has 1 fully saturated rings. The second-order valence-corrected chi connectivity index (χ2v) is 6.28. The van der Waals surface area contributed by atoms with Gasteiger partial charge < -0.3 is 20.1 Å². The van der Waals surface area contributed by atoms with E-state index in [-0.39, 0.29) is 12.8 Å². The number of aromatic nitrogens is 1. The molecule has 0 bridgehead atoms. The van der Waals surface area contributed by atoms with Crippen LogP contribution in [0.3, 0.4) is 0 Å². The predicted molar refractivity (Wildman–Crippen MR) is 83.9 cm³/mol. The van der Waals surface area contributed by atoms with Crippen molar-refractivity contribution in [1.82, 2.24) is 10.3 Å². The number of hydrogen-bond donors (Lipinski definition) is 3. The van der Waals surface area contributed by atoms with E-state index in [2.05, 4.69) is 26.2 Å². The van der Waals surface area contributed by atoms with E-state index in [4.69, 9.17) is 4.74 Å². The van der Waals surface area contributed by atoms with Crippen molar-refractivity contribution in [2.75, 3.05) is 13.2 Å². The van der Waals surface area contributed by atoms with E-state index in [9.17, 15) is 14.7 Å². The lowest BCUT2D eigenvalue weighted by atomic mass is 9.90. The normalized spacial score (nSPS) is 17.3. The van der Waals surface area contributed by atoms with Gasteiger partial charge >= 0.3 is 5.97 Å². The van der Waals surface area contributed by atoms with Crippen LogP contribution in [0.5, 0.6) is 0 Å². The summed E-state index contributed by atoms with van der Waals surface area (Å²) in [5.74, 6) is -1.44. The van der Waals surface area contributed by atoms with Crippen LogP contribution in [0.15, 0.2) is 28.7 Å². The highest BCUT2D eigenvalue weighted by atomic mass is 79.9. The summed E-state index contributed by atoms with van der Waals surface area (Å²) in [6.07, 6.45) is 0.527. The van der Waals surface area contributed by atoms with E-state index >= 15 is 0 Å². The number of benzene rings is 1. The molecule has 0 aliphatic carbocycles. The Labute approximate surface area is 135 Å². The maximum atomic E-state index is 12.4. The molecule has 7 heteroatoms. The van der Waals surface area contributed by atoms with Gasteiger partial charge in [0.2, 0.25) is 0 Å². The zero-order valence-corrected chi connectivity index (χ0v) is 13.3. The molecule has 0 unspecified atom stereocenters. The monoisotopic (exact) mass is 366 g/mol. The van der Waals surface area contributed by atoms with Crippen molar-refractivity contribution in [3.8, 4) is 0 Å². The van der Waals surface area contributed by atoms with Gasteiger partial charge in [-0.15, -0.1) is 0 Å². The molecule has 22 heavy (non-hydrogen) atoms. The molecule has 2 aromatic rings. The van der Waals surface area contributed by atoms with Crippen molar-refractivity contribution in [3.05, 3.63) is 34.4 Å². The lowest BCUT2D eigenvalue weighted by Crippen LogP contribution is -2.57. The number of carbonyl (C=O) groups excluding carboxylic acids is 1. The topological polar surface area (TPSA) is 91.4 Å². The average molecular weight is 367 g/mol. The Bertz CT molecular complexity index is 734. The van der Waals surface area contributed by atoms with E-state index in [0.717, 1.165) is 15.4 Å². The molecular formula is C15H15BrN2O4. The minimum atomic E-state index is -1.26. The Kier molecular flexibility index (Phi) is 3.92. The van der Waals surface area contributed by atoms with Gasteiger partial charge in [0.1, 0.15) is 11.2 Å². The maximum absolute atomic E-state index is 12.4. The molecule has 3 rings (SSSR count). The summed E-state index contributed by atoms with van der Waals surface area (Å²) in [4.78, 5) is 27.0. The fraction of sp³-hybridized carbons (Fsp3) is 0.333. The van der Waals surface area contributed by atoms with Crippen molar-refractivity contribution in [1.29, 1.82) is 0 Å². The van der Waals surface area contributed by atoms with E-state index < -0.39 is 17.4 Å². The molecule has 0 saturated carbocycles. The van der Waals surface area contributed by atoms with Crippen molar-refractivity contribution in [2.45, 2.75) is 18.4 Å². The molecule has 1 aromatic carbocycles. The maximum Gasteiger partial charge on any atom is 0.329 e. The highest BCUT2D eigenvalue weighted by Gasteiger charge is 2.41. The minimum Gasteiger partial charge on any atom is -0.480 e. The van der Waals surface area contributed by atoms with Gasteiger partial charge in [0.25, 0.3) is 5.91 Å². The van der Waals surface area contributed by atoms with Crippen LogP contribution in [-0.4, -0.2) is 40.7 Å². The van der Waals surface area contributed by atoms with Crippen molar-refractivity contribution < 1.29 is 19.4 Å². The Morgan fingerprint density at radius 3 is 2.68 bits per heavy atom. The molecule has 1 aromatic heterocycles. The number of ether oxygens (including phenoxy) is 1. The number of halogens is 1. The van der Waals surface area contributed by atoms with Crippen LogP contribution in [-0.2, 0) is 9.53 Å². The van der Waals surface area contributed by atoms with E-state index in [1.54, 1.807) is 6.07 Å². The van der Waals surface area contributed by atoms with Gasteiger partial charge in [0.15, 0.2) is 0 Å². The average Bonchev–Trinajstić information content (AvgIpc) is 2.91. The van der Waals surface area contributed by atoms with Crippen LogP contribution in [0, 0.1) is 0 Å². The predicted octanol–water partition coefficient (Wildman–Crippen LogP) is 2.29. The number of aromatic amines is 1. The van der Waals surface area contributed by atoms with Crippen LogP contribution in [0.25, 0.3) is 10.9 Å². The zero-order chi connectivity index (χ0) is 15.7. The first-order valence-electron chi connectivity index (χ1n) is 6.92. The first-order valence-corrected chi connectivity index (χ1v) is 7.71. The Balaban J connectivity index is 1.86. The number of H-pyrrole nitrogens is 1. The van der Waals surface area contributed by atoms with Crippen molar-refractivity contribution in [3.63, 3.8) is 0 Å². The van der Waals surface area contributed by atoms with Gasteiger partial charge in [0.05, 0.1) is 0 Å². The largest absolute Gasteiger partial charge is 0.480 e. The number of aliphatic carboxylic acids is 1. The SMILES string of the molecule is O=C(NC1(C(=O)O)CCOCC1)c1cc2ccc(Br)cc2[nH]1. The third-order valence-electron chi connectivity index (χ3n) is 3.94. The van der Waals surface area contributed by atoms with E-state index in [0.29, 0.717) is 18.9 Å². The van der Waals surface area contributed by atoms with Crippen LogP contribution < -0.4 is 5.32 Å². The molecule has 1 aliphatic rings. The van der Waals surface area contributed by atoms with Gasteiger partial charge in [-0.3, -0.25) is 4.79 Å². The highest BCUT2D eigenvalue weighted by molar-refractivity contribution is 9.10. The highest BCUT2D eigenvalue weighted by Crippen LogP contribution is 2.24. The number of carbonyl (C=O) groups is 2. The number of amides is 1. The zero-order valence-electron chi connectivity index (χ0n) is 11.7. The van der Waals surface area contributed by atoms with Gasteiger partial charge in [0, 0.05) is 41.4 Å². The standard InChI is InChI=1S/C15H15BrN2O4/c16-10-2-1-9-7-12(17-11(9)8-10)13(19)18-15(14(20)21)3-5-22-6-4-15/h1-2,7-8,17H,3-6H2,(H,18,19)(H,20,21). The fourth-order valence-corrected chi connectivity index (χ4v) is 2.98. The molecule has 0 atom stereocenters. The summed E-state index contributed by atoms with van der Waals surface area (Å²) in [7, 11) is 0. The summed E-state index contributed by atoms with van der Waals surface area (Å²) >= 11 is 3.37. The first-order chi connectivity index (χ1) is 10.5. The van der Waals surface area contributed by atoms with E-state index in [1.807, 2.05) is 18.2 Å². The molecule has 2 heterocycles. The van der Waals surface area contributed by atoms with E-state index in [1.165, 1.54) is 0 Å². The quantitative estimate of drug-likeness (QED) is 0.776. The number of fused-ring (bicyclic) bond motifs is 1. The summed E-state index contributed by atoms with van der Waals surface area (Å²) in [5.41, 5.74) is -0.0937. The molecule has 6 nitrogen and oxygen atoms in total. The van der Waals surface area contributed by atoms with Gasteiger partial charge in [-0.25, -0.2) is 4.79 Å². The van der Waals surface area contributed by atoms with Crippen LogP contribution >= 0.6 is 15.9 Å². The Morgan fingerprint density at radius 1 is 1.27 bits per heavy atom. The van der Waals surface area contributed by atoms with Crippen LogP contribution in [0.1, 0.15) is 23.3 Å².